The molecule has 0 bridgehead atoms. The van der Waals surface area contributed by atoms with Gasteiger partial charge in [-0.2, -0.15) is 0 Å². The Morgan fingerprint density at radius 2 is 2.00 bits per heavy atom. The monoisotopic (exact) mass is 300 g/mol. The molecule has 0 aliphatic rings. The van der Waals surface area contributed by atoms with Crippen LogP contribution in [0.5, 0.6) is 0 Å². The molecule has 20 heavy (non-hydrogen) atoms. The number of benzene rings is 1. The number of esters is 1. The van der Waals surface area contributed by atoms with Crippen molar-refractivity contribution in [3.63, 3.8) is 0 Å². The van der Waals surface area contributed by atoms with Gasteiger partial charge < -0.3 is 10.1 Å². The summed E-state index contributed by atoms with van der Waals surface area (Å²) in [5.74, 6) is -0.841. The van der Waals surface area contributed by atoms with Gasteiger partial charge in [-0.15, -0.1) is 0 Å². The van der Waals surface area contributed by atoms with E-state index >= 15 is 0 Å². The van der Waals surface area contributed by atoms with Gasteiger partial charge in [0.25, 0.3) is 0 Å². The summed E-state index contributed by atoms with van der Waals surface area (Å²) in [6, 6.07) is 7.15. The molecule has 0 radical (unpaired) electrons. The van der Waals surface area contributed by atoms with Crippen LogP contribution in [0, 0.1) is 0 Å². The van der Waals surface area contributed by atoms with Crippen LogP contribution in [0.1, 0.15) is 18.9 Å². The highest BCUT2D eigenvalue weighted by atomic mass is 32.2. The first-order valence-electron chi connectivity index (χ1n) is 6.34. The van der Waals surface area contributed by atoms with E-state index in [4.69, 9.17) is 0 Å². The van der Waals surface area contributed by atoms with E-state index in [9.17, 15) is 13.2 Å². The van der Waals surface area contributed by atoms with Crippen molar-refractivity contribution in [3.8, 4) is 0 Å². The summed E-state index contributed by atoms with van der Waals surface area (Å²) in [5, 5.41) is 3.14. The Balaban J connectivity index is 2.73. The van der Waals surface area contributed by atoms with Crippen LogP contribution < -0.4 is 10.0 Å². The van der Waals surface area contributed by atoms with Crippen LogP contribution in [0.3, 0.4) is 0 Å². The van der Waals surface area contributed by atoms with E-state index in [1.54, 1.807) is 12.1 Å². The Morgan fingerprint density at radius 1 is 1.30 bits per heavy atom. The summed E-state index contributed by atoms with van der Waals surface area (Å²) in [5.41, 5.74) is 1.38. The van der Waals surface area contributed by atoms with Crippen LogP contribution in [0.2, 0.25) is 0 Å². The van der Waals surface area contributed by atoms with Crippen molar-refractivity contribution < 1.29 is 17.9 Å². The largest absolute Gasteiger partial charge is 0.469 e. The normalized spacial score (nSPS) is 11.1. The van der Waals surface area contributed by atoms with Crippen molar-refractivity contribution >= 4 is 21.7 Å². The molecule has 0 aromatic heterocycles. The smallest absolute Gasteiger partial charge is 0.306 e. The Hall–Kier alpha value is -1.60. The average molecular weight is 300 g/mol. The Labute approximate surface area is 119 Å². The third-order valence-corrected chi connectivity index (χ3v) is 3.92. The van der Waals surface area contributed by atoms with Gasteiger partial charge in [0.15, 0.2) is 0 Å². The highest BCUT2D eigenvalue weighted by Gasteiger charge is 2.15. The van der Waals surface area contributed by atoms with Crippen molar-refractivity contribution in [2.45, 2.75) is 19.9 Å². The lowest BCUT2D eigenvalue weighted by Gasteiger charge is -2.12. The maximum absolute atomic E-state index is 11.9. The topological polar surface area (TPSA) is 84.5 Å². The highest BCUT2D eigenvalue weighted by molar-refractivity contribution is 7.92. The Kier molecular flexibility index (Phi) is 6.47. The van der Waals surface area contributed by atoms with Crippen LogP contribution in [0.25, 0.3) is 0 Å². The zero-order valence-corrected chi connectivity index (χ0v) is 12.5. The summed E-state index contributed by atoms with van der Waals surface area (Å²) >= 11 is 0. The predicted molar refractivity (Wildman–Crippen MR) is 77.9 cm³/mol. The number of sulfonamides is 1. The van der Waals surface area contributed by atoms with Crippen molar-refractivity contribution in [2.75, 3.05) is 24.1 Å². The lowest BCUT2D eigenvalue weighted by atomic mass is 10.2. The molecule has 0 aliphatic heterocycles. The zero-order chi connectivity index (χ0) is 15.0. The standard InChI is InChI=1S/C13H20N2O4S/c1-3-14-10-11-6-4-5-7-12(11)15-20(17,18)9-8-13(16)19-2/h4-7,14-15H,3,8-10H2,1-2H3. The predicted octanol–water partition coefficient (Wildman–Crippen LogP) is 1.10. The van der Waals surface area contributed by atoms with E-state index in [1.165, 1.54) is 7.11 Å². The fraction of sp³-hybridized carbons (Fsp3) is 0.462. The van der Waals surface area contributed by atoms with E-state index in [0.29, 0.717) is 12.2 Å². The number of carbonyl (C=O) groups excluding carboxylic acids is 1. The molecule has 1 aromatic carbocycles. The second kappa shape index (κ2) is 7.86. The van der Waals surface area contributed by atoms with E-state index < -0.39 is 16.0 Å². The fourth-order valence-electron chi connectivity index (χ4n) is 1.57. The maximum atomic E-state index is 11.9. The van der Waals surface area contributed by atoms with Crippen molar-refractivity contribution in [2.24, 2.45) is 0 Å². The van der Waals surface area contributed by atoms with Crippen LogP contribution in [-0.4, -0.2) is 33.8 Å². The summed E-state index contributed by atoms with van der Waals surface area (Å²) in [7, 11) is -2.34. The molecule has 0 unspecified atom stereocenters. The third-order valence-electron chi connectivity index (χ3n) is 2.65. The first-order chi connectivity index (χ1) is 9.48. The molecule has 6 nitrogen and oxygen atoms in total. The number of methoxy groups -OCH3 is 1. The van der Waals surface area contributed by atoms with Gasteiger partial charge in [-0.3, -0.25) is 9.52 Å². The second-order valence-corrected chi connectivity index (χ2v) is 6.03. The molecule has 0 saturated carbocycles. The number of nitrogens with one attached hydrogen (secondary N) is 2. The number of hydrogen-bond donors (Lipinski definition) is 2. The van der Waals surface area contributed by atoms with Crippen LogP contribution >= 0.6 is 0 Å². The van der Waals surface area contributed by atoms with Crippen molar-refractivity contribution in [3.05, 3.63) is 29.8 Å². The van der Waals surface area contributed by atoms with E-state index in [-0.39, 0.29) is 12.2 Å². The van der Waals surface area contributed by atoms with Crippen LogP contribution in [0.4, 0.5) is 5.69 Å². The van der Waals surface area contributed by atoms with Crippen LogP contribution in [-0.2, 0) is 26.1 Å². The molecule has 0 fully saturated rings. The number of ether oxygens (including phenoxy) is 1. The molecule has 0 aliphatic carbocycles. The zero-order valence-electron chi connectivity index (χ0n) is 11.7. The van der Waals surface area contributed by atoms with Gasteiger partial charge in [0, 0.05) is 6.54 Å². The third kappa shape index (κ3) is 5.58. The first kappa shape index (κ1) is 16.5. The summed E-state index contributed by atoms with van der Waals surface area (Å²) in [6.07, 6.45) is -0.165. The summed E-state index contributed by atoms with van der Waals surface area (Å²) < 4.78 is 30.7. The van der Waals surface area contributed by atoms with Crippen molar-refractivity contribution in [1.29, 1.82) is 0 Å². The molecule has 2 N–H and O–H groups in total. The molecule has 1 rings (SSSR count). The summed E-state index contributed by atoms with van der Waals surface area (Å²) in [4.78, 5) is 11.0. The van der Waals surface area contributed by atoms with Gasteiger partial charge in [-0.1, -0.05) is 25.1 Å². The van der Waals surface area contributed by atoms with Gasteiger partial charge >= 0.3 is 5.97 Å². The number of hydrogen-bond acceptors (Lipinski definition) is 5. The minimum atomic E-state index is -3.57. The first-order valence-corrected chi connectivity index (χ1v) is 7.99. The maximum Gasteiger partial charge on any atom is 0.306 e. The van der Waals surface area contributed by atoms with Gasteiger partial charge in [0.1, 0.15) is 0 Å². The number of para-hydroxylation sites is 1. The molecular formula is C13H20N2O4S. The molecular weight excluding hydrogens is 280 g/mol. The average Bonchev–Trinajstić information content (AvgIpc) is 2.43. The Morgan fingerprint density at radius 3 is 2.65 bits per heavy atom. The summed E-state index contributed by atoms with van der Waals surface area (Å²) in [6.45, 7) is 3.35. The van der Waals surface area contributed by atoms with E-state index in [2.05, 4.69) is 14.8 Å². The van der Waals surface area contributed by atoms with Crippen LogP contribution in [0.15, 0.2) is 24.3 Å². The molecule has 112 valence electrons. The SMILES string of the molecule is CCNCc1ccccc1NS(=O)(=O)CCC(=O)OC. The van der Waals surface area contributed by atoms with Gasteiger partial charge in [0.2, 0.25) is 10.0 Å². The number of anilines is 1. The second-order valence-electron chi connectivity index (χ2n) is 4.18. The minimum Gasteiger partial charge on any atom is -0.469 e. The van der Waals surface area contributed by atoms with Gasteiger partial charge in [-0.05, 0) is 18.2 Å². The lowest BCUT2D eigenvalue weighted by Crippen LogP contribution is -2.21. The fourth-order valence-corrected chi connectivity index (χ4v) is 2.64. The molecule has 0 atom stereocenters. The molecule has 0 amide bonds. The highest BCUT2D eigenvalue weighted by Crippen LogP contribution is 2.16. The Bertz CT molecular complexity index is 543. The minimum absolute atomic E-state index is 0.165. The molecule has 7 heteroatoms. The lowest BCUT2D eigenvalue weighted by molar-refractivity contribution is -0.140. The molecule has 0 spiro atoms. The molecule has 0 heterocycles. The van der Waals surface area contributed by atoms with E-state index in [1.807, 2.05) is 19.1 Å². The number of rotatable bonds is 8. The van der Waals surface area contributed by atoms with Crippen molar-refractivity contribution in [1.82, 2.24) is 5.32 Å². The quantitative estimate of drug-likeness (QED) is 0.702. The molecule has 0 saturated heterocycles. The molecule has 1 aromatic rings. The number of carbonyl (C=O) groups is 1. The van der Waals surface area contributed by atoms with E-state index in [0.717, 1.165) is 12.1 Å². The van der Waals surface area contributed by atoms with Gasteiger partial charge in [-0.25, -0.2) is 8.42 Å². The van der Waals surface area contributed by atoms with Gasteiger partial charge in [0.05, 0.1) is 25.0 Å².